The Hall–Kier alpha value is -1.98. The van der Waals surface area contributed by atoms with Gasteiger partial charge in [-0.05, 0) is 30.7 Å². The molecule has 2 aromatic rings. The van der Waals surface area contributed by atoms with Gasteiger partial charge in [-0.3, -0.25) is 4.79 Å². The molecule has 0 N–H and O–H groups in total. The molecule has 2 rings (SSSR count). The molecule has 0 bridgehead atoms. The van der Waals surface area contributed by atoms with Crippen molar-refractivity contribution in [2.24, 2.45) is 0 Å². The van der Waals surface area contributed by atoms with Gasteiger partial charge in [0.05, 0.1) is 19.3 Å². The number of methoxy groups -OCH3 is 1. The number of ether oxygens (including phenoxy) is 2. The summed E-state index contributed by atoms with van der Waals surface area (Å²) in [6.45, 7) is 2.25. The first kappa shape index (κ1) is 17.4. The molecule has 0 aromatic heterocycles. The molecule has 0 saturated carbocycles. The summed E-state index contributed by atoms with van der Waals surface area (Å²) < 4.78 is 10.9. The van der Waals surface area contributed by atoms with Crippen molar-refractivity contribution in [1.82, 2.24) is 0 Å². The molecule has 5 heteroatoms. The van der Waals surface area contributed by atoms with Gasteiger partial charge in [-0.2, -0.15) is 0 Å². The number of Topliss-reactive ketones (excluding diaryl/α,β-unsaturated/α-hetero) is 1. The van der Waals surface area contributed by atoms with Crippen LogP contribution in [0.15, 0.2) is 46.9 Å². The third-order valence-corrected chi connectivity index (χ3v) is 3.80. The van der Waals surface area contributed by atoms with Crippen molar-refractivity contribution in [3.63, 3.8) is 0 Å². The molecule has 2 aromatic carbocycles. The average Bonchev–Trinajstić information content (AvgIpc) is 2.55. The second-order valence-electron chi connectivity index (χ2n) is 5.08. The average molecular weight is 377 g/mol. The van der Waals surface area contributed by atoms with E-state index in [0.29, 0.717) is 11.1 Å². The Morgan fingerprint density at radius 2 is 1.74 bits per heavy atom. The highest BCUT2D eigenvalue weighted by atomic mass is 79.9. The van der Waals surface area contributed by atoms with Gasteiger partial charge in [0.2, 0.25) is 0 Å². The zero-order valence-electron chi connectivity index (χ0n) is 13.0. The normalized spacial score (nSPS) is 10.4. The van der Waals surface area contributed by atoms with Crippen molar-refractivity contribution in [3.05, 3.63) is 69.2 Å². The summed E-state index contributed by atoms with van der Waals surface area (Å²) in [4.78, 5) is 24.1. The number of hydrogen-bond acceptors (Lipinski definition) is 4. The van der Waals surface area contributed by atoms with Crippen molar-refractivity contribution >= 4 is 27.7 Å². The zero-order chi connectivity index (χ0) is 16.8. The summed E-state index contributed by atoms with van der Waals surface area (Å²) in [7, 11) is 1.28. The van der Waals surface area contributed by atoms with E-state index in [9.17, 15) is 9.59 Å². The highest BCUT2D eigenvalue weighted by Crippen LogP contribution is 2.18. The number of aryl methyl sites for hydroxylation is 1. The van der Waals surface area contributed by atoms with Crippen LogP contribution >= 0.6 is 15.9 Å². The van der Waals surface area contributed by atoms with Crippen LogP contribution in [-0.2, 0) is 16.1 Å². The van der Waals surface area contributed by atoms with Crippen molar-refractivity contribution < 1.29 is 19.1 Å². The van der Waals surface area contributed by atoms with Crippen molar-refractivity contribution in [2.45, 2.75) is 13.5 Å². The number of carbonyl (C=O) groups excluding carboxylic acids is 2. The van der Waals surface area contributed by atoms with Gasteiger partial charge in [-0.15, -0.1) is 0 Å². The van der Waals surface area contributed by atoms with Gasteiger partial charge in [-0.1, -0.05) is 45.8 Å². The first-order valence-corrected chi connectivity index (χ1v) is 7.85. The molecule has 120 valence electrons. The molecule has 0 amide bonds. The van der Waals surface area contributed by atoms with Crippen LogP contribution in [0.2, 0.25) is 0 Å². The van der Waals surface area contributed by atoms with Crippen LogP contribution in [0.4, 0.5) is 0 Å². The minimum Gasteiger partial charge on any atom is -0.465 e. The van der Waals surface area contributed by atoms with E-state index in [-0.39, 0.29) is 23.5 Å². The minimum atomic E-state index is -0.542. The Kier molecular flexibility index (Phi) is 6.07. The maximum Gasteiger partial charge on any atom is 0.338 e. The monoisotopic (exact) mass is 376 g/mol. The molecular weight excluding hydrogens is 360 g/mol. The molecule has 4 nitrogen and oxygen atoms in total. The summed E-state index contributed by atoms with van der Waals surface area (Å²) in [6, 6.07) is 12.7. The molecule has 0 heterocycles. The van der Waals surface area contributed by atoms with Crippen LogP contribution in [0.1, 0.15) is 31.8 Å². The van der Waals surface area contributed by atoms with E-state index in [2.05, 4.69) is 15.9 Å². The summed E-state index contributed by atoms with van der Waals surface area (Å²) in [5.74, 6) is -0.807. The fraction of sp³-hybridized carbons (Fsp3) is 0.222. The number of esters is 1. The molecule has 0 aliphatic heterocycles. The highest BCUT2D eigenvalue weighted by Gasteiger charge is 2.18. The zero-order valence-corrected chi connectivity index (χ0v) is 14.6. The van der Waals surface area contributed by atoms with Crippen molar-refractivity contribution in [1.29, 1.82) is 0 Å². The first-order chi connectivity index (χ1) is 11.0. The standard InChI is InChI=1S/C18H17BrO4/c1-12-3-5-13(6-4-12)10-23-11-17(20)16-9-14(19)7-8-15(16)18(21)22-2/h3-9H,10-11H2,1-2H3. The first-order valence-electron chi connectivity index (χ1n) is 7.05. The Balaban J connectivity index is 2.04. The third kappa shape index (κ3) is 4.74. The number of benzene rings is 2. The van der Waals surface area contributed by atoms with Crippen LogP contribution in [-0.4, -0.2) is 25.5 Å². The molecule has 0 saturated heterocycles. The van der Waals surface area contributed by atoms with E-state index in [4.69, 9.17) is 9.47 Å². The van der Waals surface area contributed by atoms with E-state index in [0.717, 1.165) is 5.56 Å². The second-order valence-corrected chi connectivity index (χ2v) is 6.00. The Morgan fingerprint density at radius 1 is 1.04 bits per heavy atom. The van der Waals surface area contributed by atoms with Gasteiger partial charge in [0.1, 0.15) is 6.61 Å². The minimum absolute atomic E-state index is 0.103. The summed E-state index contributed by atoms with van der Waals surface area (Å²) in [6.07, 6.45) is 0. The van der Waals surface area contributed by atoms with E-state index >= 15 is 0 Å². The fourth-order valence-electron chi connectivity index (χ4n) is 2.06. The molecule has 0 aliphatic carbocycles. The lowest BCUT2D eigenvalue weighted by atomic mass is 10.0. The topological polar surface area (TPSA) is 52.6 Å². The molecular formula is C18H17BrO4. The predicted octanol–water partition coefficient (Wildman–Crippen LogP) is 3.94. The fourth-order valence-corrected chi connectivity index (χ4v) is 2.42. The lowest BCUT2D eigenvalue weighted by Crippen LogP contribution is -2.15. The maximum atomic E-state index is 12.3. The molecule has 0 atom stereocenters. The number of carbonyl (C=O) groups is 2. The van der Waals surface area contributed by atoms with Crippen LogP contribution < -0.4 is 0 Å². The van der Waals surface area contributed by atoms with Crippen LogP contribution in [0.5, 0.6) is 0 Å². The van der Waals surface area contributed by atoms with E-state index in [1.54, 1.807) is 18.2 Å². The molecule has 0 spiro atoms. The number of halogens is 1. The smallest absolute Gasteiger partial charge is 0.338 e. The molecule has 0 fully saturated rings. The SMILES string of the molecule is COC(=O)c1ccc(Br)cc1C(=O)COCc1ccc(C)cc1. The lowest BCUT2D eigenvalue weighted by molar-refractivity contribution is 0.0590. The molecule has 0 radical (unpaired) electrons. The number of rotatable bonds is 6. The van der Waals surface area contributed by atoms with Gasteiger partial charge in [-0.25, -0.2) is 4.79 Å². The number of hydrogen-bond donors (Lipinski definition) is 0. The Labute approximate surface area is 143 Å². The van der Waals surface area contributed by atoms with Gasteiger partial charge >= 0.3 is 5.97 Å². The van der Waals surface area contributed by atoms with Gasteiger partial charge in [0.15, 0.2) is 5.78 Å². The van der Waals surface area contributed by atoms with E-state index in [1.165, 1.54) is 12.7 Å². The summed E-state index contributed by atoms with van der Waals surface area (Å²) >= 11 is 3.30. The maximum absolute atomic E-state index is 12.3. The van der Waals surface area contributed by atoms with E-state index < -0.39 is 5.97 Å². The second kappa shape index (κ2) is 8.04. The van der Waals surface area contributed by atoms with E-state index in [1.807, 2.05) is 31.2 Å². The van der Waals surface area contributed by atoms with Crippen LogP contribution in [0, 0.1) is 6.92 Å². The van der Waals surface area contributed by atoms with Gasteiger partial charge in [0, 0.05) is 10.0 Å². The third-order valence-electron chi connectivity index (χ3n) is 3.31. The quantitative estimate of drug-likeness (QED) is 0.565. The Morgan fingerprint density at radius 3 is 2.39 bits per heavy atom. The lowest BCUT2D eigenvalue weighted by Gasteiger charge is -2.09. The molecule has 0 unspecified atom stereocenters. The van der Waals surface area contributed by atoms with Crippen LogP contribution in [0.3, 0.4) is 0 Å². The largest absolute Gasteiger partial charge is 0.465 e. The molecule has 23 heavy (non-hydrogen) atoms. The predicted molar refractivity (Wildman–Crippen MR) is 90.6 cm³/mol. The highest BCUT2D eigenvalue weighted by molar-refractivity contribution is 9.10. The molecule has 0 aliphatic rings. The summed E-state index contributed by atoms with van der Waals surface area (Å²) in [5.41, 5.74) is 2.68. The van der Waals surface area contributed by atoms with Crippen LogP contribution in [0.25, 0.3) is 0 Å². The van der Waals surface area contributed by atoms with Gasteiger partial charge < -0.3 is 9.47 Å². The Bertz CT molecular complexity index is 707. The van der Waals surface area contributed by atoms with Gasteiger partial charge in [0.25, 0.3) is 0 Å². The summed E-state index contributed by atoms with van der Waals surface area (Å²) in [5, 5.41) is 0. The number of ketones is 1. The van der Waals surface area contributed by atoms with Crippen molar-refractivity contribution in [3.8, 4) is 0 Å². The van der Waals surface area contributed by atoms with Crippen molar-refractivity contribution in [2.75, 3.05) is 13.7 Å².